The summed E-state index contributed by atoms with van der Waals surface area (Å²) in [6.07, 6.45) is 3.73. The molecule has 0 atom stereocenters. The van der Waals surface area contributed by atoms with Crippen molar-refractivity contribution in [2.75, 3.05) is 13.7 Å². The highest BCUT2D eigenvalue weighted by molar-refractivity contribution is 9.10. The summed E-state index contributed by atoms with van der Waals surface area (Å²) in [6.45, 7) is 2.98. The second kappa shape index (κ2) is 9.26. The highest BCUT2D eigenvalue weighted by Gasteiger charge is 2.14. The van der Waals surface area contributed by atoms with Gasteiger partial charge in [0, 0.05) is 29.8 Å². The second-order valence-corrected chi connectivity index (χ2v) is 7.93. The average molecular weight is 463 g/mol. The molecule has 0 radical (unpaired) electrons. The third-order valence-corrected chi connectivity index (χ3v) is 4.99. The standard InChI is InChI=1S/C21H21BrClN3O2/c1-15-8-18(22)9-19(23)21(15)28-14-20(27)25(2)11-17-10-24-26(13-17)12-16-6-4-3-5-7-16/h3-10,13H,11-12,14H2,1-2H3. The molecular formula is C21H21BrClN3O2. The number of benzene rings is 2. The summed E-state index contributed by atoms with van der Waals surface area (Å²) in [5.74, 6) is 0.400. The van der Waals surface area contributed by atoms with Crippen LogP contribution >= 0.6 is 27.5 Å². The van der Waals surface area contributed by atoms with Gasteiger partial charge in [-0.1, -0.05) is 57.9 Å². The van der Waals surface area contributed by atoms with Gasteiger partial charge in [-0.2, -0.15) is 5.10 Å². The minimum Gasteiger partial charge on any atom is -0.482 e. The van der Waals surface area contributed by atoms with E-state index in [1.54, 1.807) is 24.2 Å². The Morgan fingerprint density at radius 1 is 1.25 bits per heavy atom. The van der Waals surface area contributed by atoms with Crippen LogP contribution < -0.4 is 4.74 Å². The van der Waals surface area contributed by atoms with E-state index in [4.69, 9.17) is 16.3 Å². The minimum atomic E-state index is -0.130. The van der Waals surface area contributed by atoms with E-state index >= 15 is 0 Å². The van der Waals surface area contributed by atoms with Gasteiger partial charge < -0.3 is 9.64 Å². The Morgan fingerprint density at radius 3 is 2.71 bits per heavy atom. The molecule has 1 amide bonds. The molecule has 146 valence electrons. The number of hydrogen-bond donors (Lipinski definition) is 0. The monoisotopic (exact) mass is 461 g/mol. The molecule has 0 unspecified atom stereocenters. The van der Waals surface area contributed by atoms with Crippen LogP contribution in [0.1, 0.15) is 16.7 Å². The molecule has 0 saturated carbocycles. The molecule has 3 rings (SSSR count). The van der Waals surface area contributed by atoms with Crippen molar-refractivity contribution in [3.8, 4) is 5.75 Å². The minimum absolute atomic E-state index is 0.0726. The molecule has 0 aliphatic heterocycles. The van der Waals surface area contributed by atoms with Gasteiger partial charge >= 0.3 is 0 Å². The molecule has 2 aromatic carbocycles. The normalized spacial score (nSPS) is 10.7. The number of ether oxygens (including phenoxy) is 1. The molecule has 0 spiro atoms. The third-order valence-electron chi connectivity index (χ3n) is 4.25. The third kappa shape index (κ3) is 5.36. The first-order valence-corrected chi connectivity index (χ1v) is 9.97. The summed E-state index contributed by atoms with van der Waals surface area (Å²) in [4.78, 5) is 14.0. The molecular weight excluding hydrogens is 442 g/mol. The predicted octanol–water partition coefficient (Wildman–Crippen LogP) is 4.69. The van der Waals surface area contributed by atoms with Crippen LogP contribution in [0.25, 0.3) is 0 Å². The van der Waals surface area contributed by atoms with Crippen LogP contribution in [0.2, 0.25) is 5.02 Å². The molecule has 0 bridgehead atoms. The summed E-state index contributed by atoms with van der Waals surface area (Å²) in [5, 5.41) is 4.85. The second-order valence-electron chi connectivity index (χ2n) is 6.60. The maximum absolute atomic E-state index is 12.4. The zero-order valence-corrected chi connectivity index (χ0v) is 18.1. The van der Waals surface area contributed by atoms with E-state index in [1.165, 1.54) is 5.56 Å². The van der Waals surface area contributed by atoms with Crippen molar-refractivity contribution in [1.29, 1.82) is 0 Å². The topological polar surface area (TPSA) is 47.4 Å². The van der Waals surface area contributed by atoms with Crippen molar-refractivity contribution < 1.29 is 9.53 Å². The smallest absolute Gasteiger partial charge is 0.260 e. The first-order chi connectivity index (χ1) is 13.4. The Hall–Kier alpha value is -2.31. The maximum atomic E-state index is 12.4. The molecule has 0 N–H and O–H groups in total. The van der Waals surface area contributed by atoms with Gasteiger partial charge in [-0.05, 0) is 30.2 Å². The van der Waals surface area contributed by atoms with E-state index in [0.717, 1.165) is 15.6 Å². The molecule has 0 saturated heterocycles. The Balaban J connectivity index is 1.55. The van der Waals surface area contributed by atoms with Crippen LogP contribution in [0, 0.1) is 6.92 Å². The van der Waals surface area contributed by atoms with Gasteiger partial charge in [0.25, 0.3) is 5.91 Å². The lowest BCUT2D eigenvalue weighted by atomic mass is 10.2. The van der Waals surface area contributed by atoms with Crippen LogP contribution in [0.5, 0.6) is 5.75 Å². The number of carbonyl (C=O) groups excluding carboxylic acids is 1. The zero-order chi connectivity index (χ0) is 20.1. The summed E-state index contributed by atoms with van der Waals surface area (Å²) < 4.78 is 8.40. The first-order valence-electron chi connectivity index (χ1n) is 8.80. The molecule has 0 fully saturated rings. The quantitative estimate of drug-likeness (QED) is 0.512. The van der Waals surface area contributed by atoms with Crippen molar-refractivity contribution >= 4 is 33.4 Å². The lowest BCUT2D eigenvalue weighted by Crippen LogP contribution is -2.31. The summed E-state index contributed by atoms with van der Waals surface area (Å²) in [5.41, 5.74) is 3.01. The van der Waals surface area contributed by atoms with E-state index < -0.39 is 0 Å². The SMILES string of the molecule is Cc1cc(Br)cc(Cl)c1OCC(=O)N(C)Cc1cnn(Cc2ccccc2)c1. The molecule has 1 aromatic heterocycles. The van der Waals surface area contributed by atoms with E-state index in [9.17, 15) is 4.79 Å². The number of halogens is 2. The number of rotatable bonds is 7. The summed E-state index contributed by atoms with van der Waals surface area (Å²) in [6, 6.07) is 13.8. The van der Waals surface area contributed by atoms with Crippen LogP contribution in [-0.2, 0) is 17.9 Å². The first kappa shape index (κ1) is 20.4. The van der Waals surface area contributed by atoms with Crippen LogP contribution in [-0.4, -0.2) is 34.2 Å². The van der Waals surface area contributed by atoms with Crippen molar-refractivity contribution in [2.24, 2.45) is 0 Å². The zero-order valence-electron chi connectivity index (χ0n) is 15.7. The lowest BCUT2D eigenvalue weighted by molar-refractivity contribution is -0.132. The highest BCUT2D eigenvalue weighted by atomic mass is 79.9. The molecule has 7 heteroatoms. The average Bonchev–Trinajstić information content (AvgIpc) is 3.08. The molecule has 0 aliphatic carbocycles. The van der Waals surface area contributed by atoms with E-state index in [-0.39, 0.29) is 12.5 Å². The number of carbonyl (C=O) groups is 1. The van der Waals surface area contributed by atoms with Gasteiger partial charge in [0.1, 0.15) is 5.75 Å². The number of amides is 1. The fourth-order valence-electron chi connectivity index (χ4n) is 2.82. The van der Waals surface area contributed by atoms with Crippen molar-refractivity contribution in [2.45, 2.75) is 20.0 Å². The van der Waals surface area contributed by atoms with Gasteiger partial charge in [-0.3, -0.25) is 9.48 Å². The van der Waals surface area contributed by atoms with Gasteiger partial charge in [-0.25, -0.2) is 0 Å². The Labute approximate surface area is 178 Å². The molecule has 3 aromatic rings. The van der Waals surface area contributed by atoms with E-state index in [2.05, 4.69) is 33.2 Å². The number of aryl methyl sites for hydroxylation is 1. The van der Waals surface area contributed by atoms with Crippen LogP contribution in [0.3, 0.4) is 0 Å². The number of hydrogen-bond acceptors (Lipinski definition) is 3. The number of likely N-dealkylation sites (N-methyl/N-ethyl adjacent to an activating group) is 1. The highest BCUT2D eigenvalue weighted by Crippen LogP contribution is 2.31. The summed E-state index contributed by atoms with van der Waals surface area (Å²) in [7, 11) is 1.75. The summed E-state index contributed by atoms with van der Waals surface area (Å²) >= 11 is 9.59. The Kier molecular flexibility index (Phi) is 6.75. The predicted molar refractivity (Wildman–Crippen MR) is 114 cm³/mol. The van der Waals surface area contributed by atoms with Gasteiger partial charge in [-0.15, -0.1) is 0 Å². The number of nitrogens with zero attached hydrogens (tertiary/aromatic N) is 3. The molecule has 5 nitrogen and oxygen atoms in total. The van der Waals surface area contributed by atoms with Gasteiger partial charge in [0.2, 0.25) is 0 Å². The van der Waals surface area contributed by atoms with Crippen LogP contribution in [0.15, 0.2) is 59.3 Å². The van der Waals surface area contributed by atoms with E-state index in [0.29, 0.717) is 23.9 Å². The Morgan fingerprint density at radius 2 is 2.00 bits per heavy atom. The molecule has 1 heterocycles. The van der Waals surface area contributed by atoms with E-state index in [1.807, 2.05) is 42.1 Å². The van der Waals surface area contributed by atoms with Crippen molar-refractivity contribution in [3.05, 3.63) is 81.0 Å². The Bertz CT molecular complexity index is 936. The lowest BCUT2D eigenvalue weighted by Gasteiger charge is -2.17. The molecule has 28 heavy (non-hydrogen) atoms. The number of aromatic nitrogens is 2. The van der Waals surface area contributed by atoms with Crippen molar-refractivity contribution in [3.63, 3.8) is 0 Å². The van der Waals surface area contributed by atoms with Crippen molar-refractivity contribution in [1.82, 2.24) is 14.7 Å². The molecule has 0 aliphatic rings. The largest absolute Gasteiger partial charge is 0.482 e. The van der Waals surface area contributed by atoms with Crippen LogP contribution in [0.4, 0.5) is 0 Å². The van der Waals surface area contributed by atoms with Gasteiger partial charge in [0.15, 0.2) is 6.61 Å². The fraction of sp³-hybridized carbons (Fsp3) is 0.238. The fourth-order valence-corrected chi connectivity index (χ4v) is 3.85. The maximum Gasteiger partial charge on any atom is 0.260 e. The van der Waals surface area contributed by atoms with Gasteiger partial charge in [0.05, 0.1) is 17.8 Å².